The molecule has 1 heterocycles. The molecule has 1 aromatic carbocycles. The van der Waals surface area contributed by atoms with E-state index in [1.54, 1.807) is 12.1 Å². The number of hydrogen-bond donors (Lipinski definition) is 3. The van der Waals surface area contributed by atoms with Crippen LogP contribution in [-0.4, -0.2) is 52.8 Å². The number of aliphatic carboxylic acids is 1. The Hall–Kier alpha value is -1.67. The number of fused-ring (bicyclic) bond motifs is 1. The van der Waals surface area contributed by atoms with E-state index in [1.807, 2.05) is 13.0 Å². The first-order valence-corrected chi connectivity index (χ1v) is 12.6. The van der Waals surface area contributed by atoms with Gasteiger partial charge in [0.1, 0.15) is 12.7 Å². The van der Waals surface area contributed by atoms with E-state index in [2.05, 4.69) is 0 Å². The molecule has 34 heavy (non-hydrogen) atoms. The van der Waals surface area contributed by atoms with E-state index in [4.69, 9.17) is 21.1 Å². The van der Waals surface area contributed by atoms with Crippen LogP contribution in [0.5, 0.6) is 5.75 Å². The van der Waals surface area contributed by atoms with Crippen LogP contribution in [0.2, 0.25) is 5.02 Å². The van der Waals surface area contributed by atoms with Crippen LogP contribution < -0.4 is 4.74 Å². The summed E-state index contributed by atoms with van der Waals surface area (Å²) in [6.07, 6.45) is 7.25. The third kappa shape index (κ3) is 7.17. The summed E-state index contributed by atoms with van der Waals surface area (Å²) < 4.78 is 25.4. The third-order valence-electron chi connectivity index (χ3n) is 7.14. The van der Waals surface area contributed by atoms with E-state index in [0.29, 0.717) is 31.8 Å². The first-order chi connectivity index (χ1) is 16.3. The summed E-state index contributed by atoms with van der Waals surface area (Å²) in [5.41, 5.74) is 0. The summed E-state index contributed by atoms with van der Waals surface area (Å²) in [6, 6.07) is 4.44. The molecular formula is C26H36ClFO6. The van der Waals surface area contributed by atoms with E-state index in [0.717, 1.165) is 25.7 Å². The molecule has 2 aliphatic rings. The second-order valence-electron chi connectivity index (χ2n) is 9.58. The molecule has 190 valence electrons. The fraction of sp³-hybridized carbons (Fsp3) is 0.654. The van der Waals surface area contributed by atoms with Crippen molar-refractivity contribution in [3.8, 4) is 5.75 Å². The Morgan fingerprint density at radius 1 is 1.35 bits per heavy atom. The van der Waals surface area contributed by atoms with E-state index < -0.39 is 24.0 Å². The molecule has 3 rings (SSSR count). The highest BCUT2D eigenvalue weighted by molar-refractivity contribution is 6.30. The number of aliphatic hydroxyl groups excluding tert-OH is 2. The number of aliphatic hydroxyl groups is 2. The maximum absolute atomic E-state index is 13.9. The molecule has 0 bridgehead atoms. The highest BCUT2D eigenvalue weighted by Crippen LogP contribution is 2.42. The average Bonchev–Trinajstić information content (AvgIpc) is 2.96. The zero-order chi connectivity index (χ0) is 24.7. The van der Waals surface area contributed by atoms with Crippen molar-refractivity contribution in [1.82, 2.24) is 0 Å². The fourth-order valence-corrected chi connectivity index (χ4v) is 5.37. The maximum Gasteiger partial charge on any atom is 0.306 e. The van der Waals surface area contributed by atoms with Crippen molar-refractivity contribution in [2.24, 2.45) is 23.7 Å². The van der Waals surface area contributed by atoms with Gasteiger partial charge in [-0.25, -0.2) is 4.39 Å². The molecule has 1 saturated heterocycles. The summed E-state index contributed by atoms with van der Waals surface area (Å²) in [7, 11) is 0. The molecule has 8 heteroatoms. The summed E-state index contributed by atoms with van der Waals surface area (Å²) in [6.45, 7) is 2.46. The number of ether oxygens (including phenoxy) is 2. The fourth-order valence-electron chi connectivity index (χ4n) is 5.20. The van der Waals surface area contributed by atoms with Crippen molar-refractivity contribution >= 4 is 17.6 Å². The van der Waals surface area contributed by atoms with Crippen molar-refractivity contribution in [3.05, 3.63) is 41.2 Å². The zero-order valence-electron chi connectivity index (χ0n) is 19.6. The minimum Gasteiger partial charge on any atom is -0.487 e. The van der Waals surface area contributed by atoms with Crippen LogP contribution in [0.15, 0.2) is 30.4 Å². The third-order valence-corrected chi connectivity index (χ3v) is 7.43. The average molecular weight is 499 g/mol. The SMILES string of the molecule is CCCC(CC[C@@H]1CC[C@@H]2[C@@H](C=C[C@@H](O)COc3cccc(Cl)c3F)[C@H](O)C[C@@H]2OC1)C(=O)O. The van der Waals surface area contributed by atoms with Gasteiger partial charge >= 0.3 is 5.97 Å². The topological polar surface area (TPSA) is 96.2 Å². The monoisotopic (exact) mass is 498 g/mol. The smallest absolute Gasteiger partial charge is 0.306 e. The minimum absolute atomic E-state index is 0.0202. The molecule has 3 N–H and O–H groups in total. The first kappa shape index (κ1) is 26.9. The predicted octanol–water partition coefficient (Wildman–Crippen LogP) is 4.85. The van der Waals surface area contributed by atoms with Crippen molar-refractivity contribution in [2.45, 2.75) is 70.2 Å². The lowest BCUT2D eigenvalue weighted by molar-refractivity contribution is -0.142. The molecule has 2 fully saturated rings. The molecule has 0 aromatic heterocycles. The van der Waals surface area contributed by atoms with Crippen LogP contribution in [0.4, 0.5) is 4.39 Å². The zero-order valence-corrected chi connectivity index (χ0v) is 20.4. The van der Waals surface area contributed by atoms with Gasteiger partial charge in [0, 0.05) is 18.9 Å². The van der Waals surface area contributed by atoms with Crippen LogP contribution in [-0.2, 0) is 9.53 Å². The standard InChI is InChI=1S/C26H36ClFO6/c1-2-4-17(26(31)32)9-7-16-8-11-20-19(22(30)13-24(20)33-14-16)12-10-18(29)15-34-23-6-3-5-21(27)25(23)28/h3,5-6,10,12,16-20,22,24,29-30H,2,4,7-9,11,13-15H2,1H3,(H,31,32)/t16-,17?,18-,19-,20-,22-,24+/m1/s1. The van der Waals surface area contributed by atoms with Crippen molar-refractivity contribution in [3.63, 3.8) is 0 Å². The Morgan fingerprint density at radius 3 is 2.88 bits per heavy atom. The summed E-state index contributed by atoms with van der Waals surface area (Å²) in [4.78, 5) is 11.4. The molecule has 1 aliphatic carbocycles. The molecule has 0 amide bonds. The number of halogens is 2. The molecule has 0 spiro atoms. The Bertz CT molecular complexity index is 834. The van der Waals surface area contributed by atoms with Gasteiger partial charge in [-0.2, -0.15) is 0 Å². The largest absolute Gasteiger partial charge is 0.487 e. The van der Waals surface area contributed by atoms with Gasteiger partial charge in [-0.3, -0.25) is 4.79 Å². The van der Waals surface area contributed by atoms with Crippen LogP contribution in [0.3, 0.4) is 0 Å². The number of carbonyl (C=O) groups is 1. The summed E-state index contributed by atoms with van der Waals surface area (Å²) in [5.74, 6) is -1.39. The quantitative estimate of drug-likeness (QED) is 0.377. The molecule has 7 atom stereocenters. The highest BCUT2D eigenvalue weighted by atomic mass is 35.5. The van der Waals surface area contributed by atoms with Crippen LogP contribution in [0.1, 0.15) is 51.9 Å². The number of carboxylic acid groups (broad SMARTS) is 1. The molecule has 1 aromatic rings. The number of rotatable bonds is 11. The van der Waals surface area contributed by atoms with Crippen molar-refractivity contribution < 1.29 is 34.0 Å². The van der Waals surface area contributed by atoms with Gasteiger partial charge in [-0.05, 0) is 56.1 Å². The highest BCUT2D eigenvalue weighted by Gasteiger charge is 2.43. The Balaban J connectivity index is 1.51. The van der Waals surface area contributed by atoms with Crippen molar-refractivity contribution in [1.29, 1.82) is 0 Å². The van der Waals surface area contributed by atoms with Crippen LogP contribution >= 0.6 is 11.6 Å². The van der Waals surface area contributed by atoms with E-state index in [1.165, 1.54) is 12.1 Å². The van der Waals surface area contributed by atoms with E-state index in [9.17, 15) is 24.5 Å². The first-order valence-electron chi connectivity index (χ1n) is 12.3. The molecular weight excluding hydrogens is 463 g/mol. The predicted molar refractivity (Wildman–Crippen MR) is 127 cm³/mol. The molecule has 1 unspecified atom stereocenters. The summed E-state index contributed by atoms with van der Waals surface area (Å²) in [5, 5.41) is 30.2. The van der Waals surface area contributed by atoms with E-state index >= 15 is 0 Å². The van der Waals surface area contributed by atoms with Gasteiger partial charge < -0.3 is 24.8 Å². The summed E-state index contributed by atoms with van der Waals surface area (Å²) >= 11 is 5.75. The lowest BCUT2D eigenvalue weighted by atomic mass is 9.85. The molecule has 0 radical (unpaired) electrons. The number of carboxylic acids is 1. The molecule has 1 saturated carbocycles. The second kappa shape index (κ2) is 12.9. The number of benzene rings is 1. The van der Waals surface area contributed by atoms with Gasteiger partial charge in [0.05, 0.1) is 23.1 Å². The Morgan fingerprint density at radius 2 is 2.15 bits per heavy atom. The minimum atomic E-state index is -0.962. The molecule has 1 aliphatic heterocycles. The van der Waals surface area contributed by atoms with Crippen molar-refractivity contribution in [2.75, 3.05) is 13.2 Å². The normalized spacial score (nSPS) is 28.9. The number of hydrogen-bond acceptors (Lipinski definition) is 5. The lowest BCUT2D eigenvalue weighted by Crippen LogP contribution is -2.22. The van der Waals surface area contributed by atoms with Gasteiger partial charge in [0.2, 0.25) is 0 Å². The van der Waals surface area contributed by atoms with Gasteiger partial charge in [0.25, 0.3) is 0 Å². The maximum atomic E-state index is 13.9. The Kier molecular flexibility index (Phi) is 10.2. The lowest BCUT2D eigenvalue weighted by Gasteiger charge is -2.21. The van der Waals surface area contributed by atoms with Gasteiger partial charge in [-0.15, -0.1) is 0 Å². The van der Waals surface area contributed by atoms with Gasteiger partial charge in [-0.1, -0.05) is 43.2 Å². The van der Waals surface area contributed by atoms with Crippen LogP contribution in [0, 0.1) is 29.5 Å². The Labute approximate surface area is 205 Å². The van der Waals surface area contributed by atoms with E-state index in [-0.39, 0.29) is 41.2 Å². The second-order valence-corrected chi connectivity index (χ2v) is 9.98. The molecule has 6 nitrogen and oxygen atoms in total. The van der Waals surface area contributed by atoms with Crippen LogP contribution in [0.25, 0.3) is 0 Å². The van der Waals surface area contributed by atoms with Gasteiger partial charge in [0.15, 0.2) is 11.6 Å².